The van der Waals surface area contributed by atoms with Crippen LogP contribution in [0.5, 0.6) is 5.75 Å². The fraction of sp³-hybridized carbons (Fsp3) is 0.385. The second-order valence-electron chi connectivity index (χ2n) is 4.40. The van der Waals surface area contributed by atoms with Gasteiger partial charge in [0.25, 0.3) is 5.91 Å². The van der Waals surface area contributed by atoms with E-state index in [4.69, 9.17) is 5.11 Å². The quantitative estimate of drug-likeness (QED) is 0.869. The lowest BCUT2D eigenvalue weighted by molar-refractivity contribution is -0.137. The standard InChI is InChI=1S/C13H16BrNO4/c1-8(2)15(6-5-12(17)18)13(19)10-4-3-9(14)7-11(10)16/h3-4,7-8,16H,5-6H2,1-2H3,(H,17,18). The molecule has 0 saturated heterocycles. The van der Waals surface area contributed by atoms with Crippen LogP contribution < -0.4 is 0 Å². The SMILES string of the molecule is CC(C)N(CCC(=O)O)C(=O)c1ccc(Br)cc1O. The summed E-state index contributed by atoms with van der Waals surface area (Å²) in [6.07, 6.45) is -0.124. The van der Waals surface area contributed by atoms with Gasteiger partial charge in [-0.2, -0.15) is 0 Å². The van der Waals surface area contributed by atoms with E-state index in [-0.39, 0.29) is 36.2 Å². The van der Waals surface area contributed by atoms with Crippen LogP contribution in [0.25, 0.3) is 0 Å². The Labute approximate surface area is 120 Å². The number of carboxylic acid groups (broad SMARTS) is 1. The molecule has 104 valence electrons. The van der Waals surface area contributed by atoms with Crippen LogP contribution in [0.2, 0.25) is 0 Å². The maximum atomic E-state index is 12.3. The average Bonchev–Trinajstić information content (AvgIpc) is 2.27. The molecule has 1 aromatic carbocycles. The molecule has 1 amide bonds. The number of hydrogen-bond acceptors (Lipinski definition) is 3. The molecule has 19 heavy (non-hydrogen) atoms. The molecule has 0 atom stereocenters. The number of phenols is 1. The van der Waals surface area contributed by atoms with Gasteiger partial charge in [0.15, 0.2) is 0 Å². The van der Waals surface area contributed by atoms with Gasteiger partial charge in [0.05, 0.1) is 12.0 Å². The lowest BCUT2D eigenvalue weighted by Gasteiger charge is -2.26. The molecule has 0 saturated carbocycles. The summed E-state index contributed by atoms with van der Waals surface area (Å²) in [5.41, 5.74) is 0.169. The van der Waals surface area contributed by atoms with E-state index in [1.807, 2.05) is 0 Å². The van der Waals surface area contributed by atoms with Gasteiger partial charge in [0.1, 0.15) is 5.75 Å². The number of aliphatic carboxylic acids is 1. The predicted octanol–water partition coefficient (Wildman–Crippen LogP) is 2.48. The fourth-order valence-corrected chi connectivity index (χ4v) is 2.00. The molecular weight excluding hydrogens is 314 g/mol. The largest absolute Gasteiger partial charge is 0.507 e. The third-order valence-electron chi connectivity index (χ3n) is 2.64. The Hall–Kier alpha value is -1.56. The van der Waals surface area contributed by atoms with Crippen LogP contribution in [0.1, 0.15) is 30.6 Å². The molecule has 0 aromatic heterocycles. The first-order valence-electron chi connectivity index (χ1n) is 5.84. The molecule has 5 nitrogen and oxygen atoms in total. The Bertz CT molecular complexity index is 488. The van der Waals surface area contributed by atoms with Crippen LogP contribution in [-0.4, -0.2) is 39.6 Å². The number of nitrogens with zero attached hydrogens (tertiary/aromatic N) is 1. The van der Waals surface area contributed by atoms with Crippen molar-refractivity contribution >= 4 is 27.8 Å². The van der Waals surface area contributed by atoms with Crippen LogP contribution in [-0.2, 0) is 4.79 Å². The summed E-state index contributed by atoms with van der Waals surface area (Å²) in [5.74, 6) is -1.46. The Morgan fingerprint density at radius 3 is 2.47 bits per heavy atom. The van der Waals surface area contributed by atoms with Crippen LogP contribution in [0.15, 0.2) is 22.7 Å². The molecular formula is C13H16BrNO4. The van der Waals surface area contributed by atoms with E-state index in [1.54, 1.807) is 19.9 Å². The number of halogens is 1. The lowest BCUT2D eigenvalue weighted by Crippen LogP contribution is -2.38. The van der Waals surface area contributed by atoms with Crippen molar-refractivity contribution in [3.05, 3.63) is 28.2 Å². The number of benzene rings is 1. The van der Waals surface area contributed by atoms with Gasteiger partial charge in [0.2, 0.25) is 0 Å². The number of amides is 1. The van der Waals surface area contributed by atoms with Crippen molar-refractivity contribution in [1.82, 2.24) is 4.90 Å². The first-order valence-corrected chi connectivity index (χ1v) is 6.63. The van der Waals surface area contributed by atoms with Crippen molar-refractivity contribution in [3.63, 3.8) is 0 Å². The van der Waals surface area contributed by atoms with Crippen molar-refractivity contribution in [2.45, 2.75) is 26.3 Å². The Balaban J connectivity index is 2.95. The number of rotatable bonds is 5. The summed E-state index contributed by atoms with van der Waals surface area (Å²) in [7, 11) is 0. The van der Waals surface area contributed by atoms with E-state index in [1.165, 1.54) is 17.0 Å². The molecule has 0 aliphatic rings. The van der Waals surface area contributed by atoms with Crippen molar-refractivity contribution in [1.29, 1.82) is 0 Å². The molecule has 2 N–H and O–H groups in total. The zero-order valence-electron chi connectivity index (χ0n) is 10.8. The highest BCUT2D eigenvalue weighted by Gasteiger charge is 2.22. The van der Waals surface area contributed by atoms with E-state index in [2.05, 4.69) is 15.9 Å². The monoisotopic (exact) mass is 329 g/mol. The number of aromatic hydroxyl groups is 1. The molecule has 0 radical (unpaired) electrons. The first-order chi connectivity index (χ1) is 8.82. The van der Waals surface area contributed by atoms with Crippen LogP contribution in [0.4, 0.5) is 0 Å². The van der Waals surface area contributed by atoms with E-state index in [9.17, 15) is 14.7 Å². The van der Waals surface area contributed by atoms with Gasteiger partial charge in [-0.15, -0.1) is 0 Å². The van der Waals surface area contributed by atoms with Gasteiger partial charge in [-0.05, 0) is 32.0 Å². The van der Waals surface area contributed by atoms with Gasteiger partial charge in [-0.1, -0.05) is 15.9 Å². The van der Waals surface area contributed by atoms with Crippen molar-refractivity contribution in [2.75, 3.05) is 6.54 Å². The van der Waals surface area contributed by atoms with Gasteiger partial charge in [-0.3, -0.25) is 9.59 Å². The van der Waals surface area contributed by atoms with Gasteiger partial charge in [-0.25, -0.2) is 0 Å². The lowest BCUT2D eigenvalue weighted by atomic mass is 10.1. The summed E-state index contributed by atoms with van der Waals surface area (Å²) in [6, 6.07) is 4.46. The van der Waals surface area contributed by atoms with E-state index in [0.717, 1.165) is 0 Å². The average molecular weight is 330 g/mol. The second kappa shape index (κ2) is 6.56. The molecule has 0 heterocycles. The number of carboxylic acids is 1. The zero-order chi connectivity index (χ0) is 14.6. The number of hydrogen-bond donors (Lipinski definition) is 2. The molecule has 0 bridgehead atoms. The molecule has 0 aliphatic heterocycles. The van der Waals surface area contributed by atoms with E-state index < -0.39 is 5.97 Å². The summed E-state index contributed by atoms with van der Waals surface area (Å²) in [6.45, 7) is 3.71. The third kappa shape index (κ3) is 4.24. The molecule has 1 aromatic rings. The summed E-state index contributed by atoms with van der Waals surface area (Å²) < 4.78 is 0.670. The molecule has 1 rings (SSSR count). The van der Waals surface area contributed by atoms with E-state index in [0.29, 0.717) is 4.47 Å². The highest BCUT2D eigenvalue weighted by atomic mass is 79.9. The first kappa shape index (κ1) is 15.5. The second-order valence-corrected chi connectivity index (χ2v) is 5.31. The highest BCUT2D eigenvalue weighted by Crippen LogP contribution is 2.24. The van der Waals surface area contributed by atoms with Crippen LogP contribution in [0.3, 0.4) is 0 Å². The Kier molecular flexibility index (Phi) is 5.35. The van der Waals surface area contributed by atoms with Crippen molar-refractivity contribution in [2.24, 2.45) is 0 Å². The Morgan fingerprint density at radius 2 is 2.00 bits per heavy atom. The van der Waals surface area contributed by atoms with Crippen LogP contribution >= 0.6 is 15.9 Å². The summed E-state index contributed by atoms with van der Waals surface area (Å²) in [5, 5.41) is 18.5. The maximum Gasteiger partial charge on any atom is 0.305 e. The minimum Gasteiger partial charge on any atom is -0.507 e. The van der Waals surface area contributed by atoms with Crippen LogP contribution in [0, 0.1) is 0 Å². The minimum atomic E-state index is -0.960. The smallest absolute Gasteiger partial charge is 0.305 e. The highest BCUT2D eigenvalue weighted by molar-refractivity contribution is 9.10. The molecule has 6 heteroatoms. The minimum absolute atomic E-state index is 0.112. The topological polar surface area (TPSA) is 77.8 Å². The molecule has 0 fully saturated rings. The Morgan fingerprint density at radius 1 is 1.37 bits per heavy atom. The fourth-order valence-electron chi connectivity index (χ4n) is 1.65. The van der Waals surface area contributed by atoms with Crippen molar-refractivity contribution in [3.8, 4) is 5.75 Å². The number of carbonyl (C=O) groups excluding carboxylic acids is 1. The molecule has 0 unspecified atom stereocenters. The molecule has 0 aliphatic carbocycles. The predicted molar refractivity (Wildman–Crippen MR) is 74.2 cm³/mol. The number of carbonyl (C=O) groups is 2. The molecule has 0 spiro atoms. The van der Waals surface area contributed by atoms with Gasteiger partial charge >= 0.3 is 5.97 Å². The third-order valence-corrected chi connectivity index (χ3v) is 3.13. The van der Waals surface area contributed by atoms with Gasteiger partial charge < -0.3 is 15.1 Å². The van der Waals surface area contributed by atoms with Crippen molar-refractivity contribution < 1.29 is 19.8 Å². The zero-order valence-corrected chi connectivity index (χ0v) is 12.3. The van der Waals surface area contributed by atoms with E-state index >= 15 is 0 Å². The van der Waals surface area contributed by atoms with Gasteiger partial charge in [0, 0.05) is 17.1 Å². The summed E-state index contributed by atoms with van der Waals surface area (Å²) in [4.78, 5) is 24.3. The maximum absolute atomic E-state index is 12.3. The number of phenolic OH excluding ortho intramolecular Hbond substituents is 1. The summed E-state index contributed by atoms with van der Waals surface area (Å²) >= 11 is 3.20. The normalized spacial score (nSPS) is 10.5.